The molecule has 1 aromatic heterocycles. The Bertz CT molecular complexity index is 1080. The van der Waals surface area contributed by atoms with Crippen LogP contribution in [0.15, 0.2) is 53.3 Å². The summed E-state index contributed by atoms with van der Waals surface area (Å²) in [5.74, 6) is -0.306. The number of rotatable bonds is 7. The van der Waals surface area contributed by atoms with Gasteiger partial charge in [-0.25, -0.2) is 4.98 Å². The average molecular weight is 380 g/mol. The Kier molecular flexibility index (Phi) is 5.69. The molecule has 2 aromatic carbocycles. The molecule has 2 amide bonds. The number of nitrogens with one attached hydrogen (secondary N) is 1. The summed E-state index contributed by atoms with van der Waals surface area (Å²) in [4.78, 5) is 44.8. The van der Waals surface area contributed by atoms with Crippen LogP contribution in [0.2, 0.25) is 0 Å². The first kappa shape index (κ1) is 19.1. The zero-order valence-corrected chi connectivity index (χ0v) is 15.3. The predicted molar refractivity (Wildman–Crippen MR) is 104 cm³/mol. The van der Waals surface area contributed by atoms with Crippen molar-refractivity contribution in [3.8, 4) is 5.75 Å². The number of aromatic amines is 1. The predicted octanol–water partition coefficient (Wildman–Crippen LogP) is 1.45. The van der Waals surface area contributed by atoms with E-state index in [0.717, 1.165) is 0 Å². The van der Waals surface area contributed by atoms with Crippen molar-refractivity contribution in [3.05, 3.63) is 70.3 Å². The first-order valence-electron chi connectivity index (χ1n) is 8.77. The average Bonchev–Trinajstić information content (AvgIpc) is 2.70. The van der Waals surface area contributed by atoms with E-state index in [9.17, 15) is 14.4 Å². The summed E-state index contributed by atoms with van der Waals surface area (Å²) >= 11 is 0. The number of benzene rings is 2. The Hall–Kier alpha value is -3.68. The van der Waals surface area contributed by atoms with Crippen molar-refractivity contribution in [2.24, 2.45) is 5.73 Å². The number of nitrogens with two attached hydrogens (primary N) is 1. The smallest absolute Gasteiger partial charge is 0.260 e. The summed E-state index contributed by atoms with van der Waals surface area (Å²) < 4.78 is 5.49. The van der Waals surface area contributed by atoms with Crippen LogP contribution in [0.25, 0.3) is 10.9 Å². The SMILES string of the molecule is CCN(Cc1nc2ccccc2c(=O)[nH]1)C(=O)COc1ccccc1C(N)=O. The van der Waals surface area contributed by atoms with Gasteiger partial charge in [-0.3, -0.25) is 14.4 Å². The maximum absolute atomic E-state index is 12.5. The molecule has 0 radical (unpaired) electrons. The summed E-state index contributed by atoms with van der Waals surface area (Å²) in [5, 5.41) is 0.493. The second-order valence-electron chi connectivity index (χ2n) is 6.09. The van der Waals surface area contributed by atoms with Gasteiger partial charge in [0.2, 0.25) is 0 Å². The fraction of sp³-hybridized carbons (Fsp3) is 0.200. The van der Waals surface area contributed by atoms with Gasteiger partial charge in [-0.2, -0.15) is 0 Å². The summed E-state index contributed by atoms with van der Waals surface area (Å²) in [7, 11) is 0. The van der Waals surface area contributed by atoms with E-state index < -0.39 is 5.91 Å². The lowest BCUT2D eigenvalue weighted by molar-refractivity contribution is -0.133. The standard InChI is InChI=1S/C20H20N4O4/c1-2-24(11-17-22-15-9-5-3-7-13(15)20(27)23-17)18(25)12-28-16-10-6-4-8-14(16)19(21)26/h3-10H,2,11-12H2,1H3,(H2,21,26)(H,22,23,27). The van der Waals surface area contributed by atoms with Crippen LogP contribution in [-0.2, 0) is 11.3 Å². The van der Waals surface area contributed by atoms with Gasteiger partial charge in [-0.05, 0) is 31.2 Å². The number of primary amides is 1. The van der Waals surface area contributed by atoms with Gasteiger partial charge in [0.1, 0.15) is 11.6 Å². The van der Waals surface area contributed by atoms with Crippen LogP contribution < -0.4 is 16.0 Å². The van der Waals surface area contributed by atoms with Crippen LogP contribution in [0.4, 0.5) is 0 Å². The number of para-hydroxylation sites is 2. The van der Waals surface area contributed by atoms with Crippen LogP contribution in [-0.4, -0.2) is 39.8 Å². The largest absolute Gasteiger partial charge is 0.483 e. The molecule has 8 nitrogen and oxygen atoms in total. The minimum absolute atomic E-state index is 0.135. The number of likely N-dealkylation sites (N-methyl/N-ethyl adjacent to an activating group) is 1. The van der Waals surface area contributed by atoms with Crippen molar-refractivity contribution in [2.45, 2.75) is 13.5 Å². The molecule has 28 heavy (non-hydrogen) atoms. The second-order valence-corrected chi connectivity index (χ2v) is 6.09. The van der Waals surface area contributed by atoms with E-state index >= 15 is 0 Å². The molecule has 0 aliphatic carbocycles. The molecule has 3 N–H and O–H groups in total. The van der Waals surface area contributed by atoms with Gasteiger partial charge in [0.05, 0.1) is 23.0 Å². The number of aromatic nitrogens is 2. The quantitative estimate of drug-likeness (QED) is 0.643. The van der Waals surface area contributed by atoms with Crippen LogP contribution in [0.3, 0.4) is 0 Å². The van der Waals surface area contributed by atoms with E-state index in [-0.39, 0.29) is 35.9 Å². The van der Waals surface area contributed by atoms with E-state index in [4.69, 9.17) is 10.5 Å². The van der Waals surface area contributed by atoms with E-state index in [1.54, 1.807) is 42.5 Å². The molecule has 0 saturated heterocycles. The fourth-order valence-electron chi connectivity index (χ4n) is 2.79. The van der Waals surface area contributed by atoms with Crippen molar-refractivity contribution in [1.82, 2.24) is 14.9 Å². The normalized spacial score (nSPS) is 10.6. The number of amides is 2. The first-order valence-corrected chi connectivity index (χ1v) is 8.77. The highest BCUT2D eigenvalue weighted by Gasteiger charge is 2.16. The lowest BCUT2D eigenvalue weighted by Crippen LogP contribution is -2.35. The molecule has 0 fully saturated rings. The van der Waals surface area contributed by atoms with Gasteiger partial charge in [0.15, 0.2) is 6.61 Å². The summed E-state index contributed by atoms with van der Waals surface area (Å²) in [6, 6.07) is 13.5. The minimum Gasteiger partial charge on any atom is -0.483 e. The molecule has 0 saturated carbocycles. The Morgan fingerprint density at radius 3 is 2.61 bits per heavy atom. The number of carbonyl (C=O) groups excluding carboxylic acids is 2. The number of H-pyrrole nitrogens is 1. The lowest BCUT2D eigenvalue weighted by Gasteiger charge is -2.21. The third-order valence-electron chi connectivity index (χ3n) is 4.24. The molecule has 0 aliphatic heterocycles. The molecular weight excluding hydrogens is 360 g/mol. The Morgan fingerprint density at radius 2 is 1.86 bits per heavy atom. The Balaban J connectivity index is 1.72. The van der Waals surface area contributed by atoms with Crippen LogP contribution in [0.1, 0.15) is 23.1 Å². The summed E-state index contributed by atoms with van der Waals surface area (Å²) in [6.45, 7) is 2.08. The fourth-order valence-corrected chi connectivity index (χ4v) is 2.79. The molecule has 0 unspecified atom stereocenters. The van der Waals surface area contributed by atoms with Gasteiger partial charge >= 0.3 is 0 Å². The third kappa shape index (κ3) is 4.17. The van der Waals surface area contributed by atoms with Gasteiger partial charge in [0.25, 0.3) is 17.4 Å². The number of fused-ring (bicyclic) bond motifs is 1. The second kappa shape index (κ2) is 8.34. The van der Waals surface area contributed by atoms with E-state index in [1.165, 1.54) is 11.0 Å². The first-order chi connectivity index (χ1) is 13.5. The molecule has 0 atom stereocenters. The lowest BCUT2D eigenvalue weighted by atomic mass is 10.2. The Labute approximate surface area is 160 Å². The zero-order valence-electron chi connectivity index (χ0n) is 15.3. The molecule has 8 heteroatoms. The number of hydrogen-bond acceptors (Lipinski definition) is 5. The highest BCUT2D eigenvalue weighted by Crippen LogP contribution is 2.17. The monoisotopic (exact) mass is 380 g/mol. The van der Waals surface area contributed by atoms with Gasteiger partial charge in [-0.1, -0.05) is 24.3 Å². The van der Waals surface area contributed by atoms with Crippen molar-refractivity contribution in [2.75, 3.05) is 13.2 Å². The van der Waals surface area contributed by atoms with Crippen molar-refractivity contribution >= 4 is 22.7 Å². The van der Waals surface area contributed by atoms with Crippen molar-refractivity contribution in [3.63, 3.8) is 0 Å². The van der Waals surface area contributed by atoms with Gasteiger partial charge in [0, 0.05) is 6.54 Å². The van der Waals surface area contributed by atoms with E-state index in [0.29, 0.717) is 23.3 Å². The number of nitrogens with zero attached hydrogens (tertiary/aromatic N) is 2. The molecule has 1 heterocycles. The number of hydrogen-bond donors (Lipinski definition) is 2. The molecule has 3 rings (SSSR count). The number of carbonyl (C=O) groups is 2. The molecular formula is C20H20N4O4. The highest BCUT2D eigenvalue weighted by atomic mass is 16.5. The van der Waals surface area contributed by atoms with Gasteiger partial charge < -0.3 is 20.4 Å². The molecule has 3 aromatic rings. The van der Waals surface area contributed by atoms with Crippen molar-refractivity contribution < 1.29 is 14.3 Å². The minimum atomic E-state index is -0.631. The maximum atomic E-state index is 12.5. The highest BCUT2D eigenvalue weighted by molar-refractivity contribution is 5.95. The molecule has 0 aliphatic rings. The third-order valence-corrected chi connectivity index (χ3v) is 4.24. The van der Waals surface area contributed by atoms with Crippen molar-refractivity contribution in [1.29, 1.82) is 0 Å². The molecule has 0 spiro atoms. The van der Waals surface area contributed by atoms with E-state index in [1.807, 2.05) is 6.92 Å². The van der Waals surface area contributed by atoms with Crippen LogP contribution in [0.5, 0.6) is 5.75 Å². The Morgan fingerprint density at radius 1 is 1.14 bits per heavy atom. The van der Waals surface area contributed by atoms with Crippen LogP contribution in [0, 0.1) is 0 Å². The summed E-state index contributed by atoms with van der Waals surface area (Å²) in [5.41, 5.74) is 5.83. The molecule has 0 bridgehead atoms. The topological polar surface area (TPSA) is 118 Å². The van der Waals surface area contributed by atoms with E-state index in [2.05, 4.69) is 9.97 Å². The zero-order chi connectivity index (χ0) is 20.1. The molecule has 144 valence electrons. The summed E-state index contributed by atoms with van der Waals surface area (Å²) in [6.07, 6.45) is 0. The number of ether oxygens (including phenoxy) is 1. The van der Waals surface area contributed by atoms with Crippen LogP contribution >= 0.6 is 0 Å². The maximum Gasteiger partial charge on any atom is 0.260 e. The van der Waals surface area contributed by atoms with Gasteiger partial charge in [-0.15, -0.1) is 0 Å².